The molecule has 3 heterocycles. The van der Waals surface area contributed by atoms with Crippen LogP contribution in [0.1, 0.15) is 17.8 Å². The maximum absolute atomic E-state index is 12.2. The summed E-state index contributed by atoms with van der Waals surface area (Å²) in [6.45, 7) is 1.37. The van der Waals surface area contributed by atoms with Crippen LogP contribution in [0.3, 0.4) is 0 Å². The SMILES string of the molecule is O=C(Nc1ccc(Cn2cccn2)cc1)N[C@@H]1CCc2ncnn2C1. The maximum atomic E-state index is 12.2. The quantitative estimate of drug-likeness (QED) is 0.758. The zero-order valence-corrected chi connectivity index (χ0v) is 13.7. The molecule has 1 aliphatic rings. The van der Waals surface area contributed by atoms with Gasteiger partial charge in [0.25, 0.3) is 0 Å². The molecule has 2 aromatic heterocycles. The summed E-state index contributed by atoms with van der Waals surface area (Å²) in [6, 6.07) is 9.53. The number of hydrogen-bond donors (Lipinski definition) is 2. The third-order valence-corrected chi connectivity index (χ3v) is 4.26. The fourth-order valence-electron chi connectivity index (χ4n) is 2.98. The van der Waals surface area contributed by atoms with Crippen molar-refractivity contribution in [1.82, 2.24) is 29.9 Å². The van der Waals surface area contributed by atoms with Gasteiger partial charge in [-0.25, -0.2) is 14.5 Å². The molecule has 0 saturated carbocycles. The molecule has 0 saturated heterocycles. The zero-order chi connectivity index (χ0) is 17.1. The fourth-order valence-corrected chi connectivity index (χ4v) is 2.98. The van der Waals surface area contributed by atoms with Gasteiger partial charge in [0.15, 0.2) is 0 Å². The molecule has 1 atom stereocenters. The molecule has 25 heavy (non-hydrogen) atoms. The summed E-state index contributed by atoms with van der Waals surface area (Å²) in [5.74, 6) is 0.978. The van der Waals surface area contributed by atoms with Crippen LogP contribution in [0.5, 0.6) is 0 Å². The summed E-state index contributed by atoms with van der Waals surface area (Å²) in [4.78, 5) is 16.4. The number of fused-ring (bicyclic) bond motifs is 1. The van der Waals surface area contributed by atoms with Gasteiger partial charge in [0.1, 0.15) is 12.2 Å². The number of amides is 2. The van der Waals surface area contributed by atoms with Crippen LogP contribution >= 0.6 is 0 Å². The van der Waals surface area contributed by atoms with Crippen molar-refractivity contribution in [2.75, 3.05) is 5.32 Å². The number of hydrogen-bond acceptors (Lipinski definition) is 4. The third kappa shape index (κ3) is 3.68. The lowest BCUT2D eigenvalue weighted by atomic mass is 10.1. The van der Waals surface area contributed by atoms with Crippen molar-refractivity contribution in [3.63, 3.8) is 0 Å². The molecular formula is C17H19N7O. The molecular weight excluding hydrogens is 318 g/mol. The number of rotatable bonds is 4. The van der Waals surface area contributed by atoms with Crippen LogP contribution in [0.25, 0.3) is 0 Å². The van der Waals surface area contributed by atoms with Gasteiger partial charge >= 0.3 is 6.03 Å². The smallest absolute Gasteiger partial charge is 0.319 e. The van der Waals surface area contributed by atoms with Crippen LogP contribution in [0.2, 0.25) is 0 Å². The maximum Gasteiger partial charge on any atom is 0.319 e. The Balaban J connectivity index is 1.30. The highest BCUT2D eigenvalue weighted by atomic mass is 16.2. The first kappa shape index (κ1) is 15.4. The molecule has 0 fully saturated rings. The number of nitrogens with one attached hydrogen (secondary N) is 2. The standard InChI is InChI=1S/C17H19N7O/c25-17(22-15-6-7-16-18-12-20-24(16)11-15)21-14-4-2-13(3-5-14)10-23-9-1-8-19-23/h1-5,8-9,12,15H,6-7,10-11H2,(H2,21,22,25)/t15-/m1/s1. The number of urea groups is 1. The molecule has 0 spiro atoms. The van der Waals surface area contributed by atoms with E-state index in [0.717, 1.165) is 29.9 Å². The minimum absolute atomic E-state index is 0.0632. The van der Waals surface area contributed by atoms with Crippen LogP contribution < -0.4 is 10.6 Å². The lowest BCUT2D eigenvalue weighted by Crippen LogP contribution is -2.43. The molecule has 0 aliphatic carbocycles. The number of aryl methyl sites for hydroxylation is 1. The molecule has 8 nitrogen and oxygen atoms in total. The largest absolute Gasteiger partial charge is 0.333 e. The molecule has 0 bridgehead atoms. The van der Waals surface area contributed by atoms with Crippen molar-refractivity contribution in [2.45, 2.75) is 32.0 Å². The van der Waals surface area contributed by atoms with Crippen molar-refractivity contribution < 1.29 is 4.79 Å². The van der Waals surface area contributed by atoms with E-state index >= 15 is 0 Å². The molecule has 128 valence electrons. The van der Waals surface area contributed by atoms with E-state index in [1.807, 2.05) is 45.9 Å². The van der Waals surface area contributed by atoms with Crippen molar-refractivity contribution in [3.05, 3.63) is 60.4 Å². The predicted octanol–water partition coefficient (Wildman–Crippen LogP) is 1.66. The van der Waals surface area contributed by atoms with Crippen LogP contribution in [0, 0.1) is 0 Å². The third-order valence-electron chi connectivity index (χ3n) is 4.26. The van der Waals surface area contributed by atoms with E-state index in [1.54, 1.807) is 12.5 Å². The normalized spacial score (nSPS) is 16.2. The zero-order valence-electron chi connectivity index (χ0n) is 13.7. The van der Waals surface area contributed by atoms with Gasteiger partial charge in [0.05, 0.1) is 19.1 Å². The number of nitrogens with zero attached hydrogens (tertiary/aromatic N) is 5. The van der Waals surface area contributed by atoms with E-state index in [4.69, 9.17) is 0 Å². The highest BCUT2D eigenvalue weighted by Gasteiger charge is 2.21. The molecule has 0 unspecified atom stereocenters. The highest BCUT2D eigenvalue weighted by Crippen LogP contribution is 2.13. The first-order valence-electron chi connectivity index (χ1n) is 8.27. The molecule has 3 aromatic rings. The molecule has 2 amide bonds. The second-order valence-electron chi connectivity index (χ2n) is 6.09. The van der Waals surface area contributed by atoms with E-state index in [-0.39, 0.29) is 12.1 Å². The Kier molecular flexibility index (Phi) is 4.16. The second kappa shape index (κ2) is 6.76. The van der Waals surface area contributed by atoms with Gasteiger partial charge in [-0.05, 0) is 30.2 Å². The molecule has 2 N–H and O–H groups in total. The summed E-state index contributed by atoms with van der Waals surface area (Å²) in [5.41, 5.74) is 1.89. The van der Waals surface area contributed by atoms with Crippen LogP contribution in [-0.2, 0) is 19.5 Å². The highest BCUT2D eigenvalue weighted by molar-refractivity contribution is 5.89. The minimum atomic E-state index is -0.201. The number of aromatic nitrogens is 5. The average molecular weight is 337 g/mol. The van der Waals surface area contributed by atoms with Gasteiger partial charge in [0.2, 0.25) is 0 Å². The minimum Gasteiger partial charge on any atom is -0.333 e. The number of carbonyl (C=O) groups is 1. The molecule has 1 aliphatic heterocycles. The average Bonchev–Trinajstić information content (AvgIpc) is 3.27. The summed E-state index contributed by atoms with van der Waals surface area (Å²) < 4.78 is 3.70. The Morgan fingerprint density at radius 1 is 1.24 bits per heavy atom. The molecule has 4 rings (SSSR count). The lowest BCUT2D eigenvalue weighted by molar-refractivity contribution is 0.243. The second-order valence-corrected chi connectivity index (χ2v) is 6.09. The molecule has 1 aromatic carbocycles. The van der Waals surface area contributed by atoms with E-state index in [2.05, 4.69) is 25.8 Å². The van der Waals surface area contributed by atoms with Gasteiger partial charge in [-0.15, -0.1) is 0 Å². The molecule has 0 radical (unpaired) electrons. The number of carbonyl (C=O) groups excluding carboxylic acids is 1. The van der Waals surface area contributed by atoms with Crippen LogP contribution in [0.4, 0.5) is 10.5 Å². The first-order chi connectivity index (χ1) is 12.3. The Labute approximate surface area is 144 Å². The van der Waals surface area contributed by atoms with Crippen molar-refractivity contribution in [2.24, 2.45) is 0 Å². The van der Waals surface area contributed by atoms with Gasteiger partial charge in [0, 0.05) is 24.5 Å². The predicted molar refractivity (Wildman–Crippen MR) is 92.1 cm³/mol. The Hall–Kier alpha value is -3.16. The van der Waals surface area contributed by atoms with Crippen molar-refractivity contribution >= 4 is 11.7 Å². The monoisotopic (exact) mass is 337 g/mol. The Bertz CT molecular complexity index is 838. The summed E-state index contributed by atoms with van der Waals surface area (Å²) in [5, 5.41) is 14.2. The van der Waals surface area contributed by atoms with Gasteiger partial charge < -0.3 is 10.6 Å². The topological polar surface area (TPSA) is 89.7 Å². The van der Waals surface area contributed by atoms with E-state index in [0.29, 0.717) is 13.1 Å². The number of benzene rings is 1. The van der Waals surface area contributed by atoms with E-state index in [9.17, 15) is 4.79 Å². The summed E-state index contributed by atoms with van der Waals surface area (Å²) in [6.07, 6.45) is 6.93. The fraction of sp³-hybridized carbons (Fsp3) is 0.294. The Morgan fingerprint density at radius 3 is 2.92 bits per heavy atom. The number of anilines is 1. The van der Waals surface area contributed by atoms with Crippen LogP contribution in [-0.4, -0.2) is 36.6 Å². The van der Waals surface area contributed by atoms with E-state index in [1.165, 1.54) is 0 Å². The van der Waals surface area contributed by atoms with Crippen molar-refractivity contribution in [3.8, 4) is 0 Å². The van der Waals surface area contributed by atoms with Gasteiger partial charge in [-0.1, -0.05) is 12.1 Å². The van der Waals surface area contributed by atoms with Gasteiger partial charge in [-0.2, -0.15) is 10.2 Å². The van der Waals surface area contributed by atoms with E-state index < -0.39 is 0 Å². The van der Waals surface area contributed by atoms with Gasteiger partial charge in [-0.3, -0.25) is 4.68 Å². The Morgan fingerprint density at radius 2 is 2.12 bits per heavy atom. The summed E-state index contributed by atoms with van der Waals surface area (Å²) >= 11 is 0. The lowest BCUT2D eigenvalue weighted by Gasteiger charge is -2.23. The molecule has 8 heteroatoms. The summed E-state index contributed by atoms with van der Waals surface area (Å²) in [7, 11) is 0. The van der Waals surface area contributed by atoms with Crippen molar-refractivity contribution in [1.29, 1.82) is 0 Å². The van der Waals surface area contributed by atoms with Crippen LogP contribution in [0.15, 0.2) is 49.1 Å². The first-order valence-corrected chi connectivity index (χ1v) is 8.27.